The summed E-state index contributed by atoms with van der Waals surface area (Å²) in [6, 6.07) is 5.89. The minimum atomic E-state index is -4.64. The SMILES string of the molecule is CC(C)(CCBr)NCc1ccc(OC(F)(F)F)cc1. The first-order valence-corrected chi connectivity index (χ1v) is 7.00. The molecule has 0 atom stereocenters. The van der Waals surface area contributed by atoms with E-state index in [2.05, 4.69) is 39.8 Å². The molecule has 0 aliphatic carbocycles. The Hall–Kier alpha value is -0.750. The van der Waals surface area contributed by atoms with E-state index < -0.39 is 6.36 Å². The summed E-state index contributed by atoms with van der Waals surface area (Å²) in [5, 5.41) is 4.25. The number of hydrogen-bond donors (Lipinski definition) is 1. The van der Waals surface area contributed by atoms with Crippen molar-refractivity contribution in [3.63, 3.8) is 0 Å². The molecule has 0 unspecified atom stereocenters. The summed E-state index contributed by atoms with van der Waals surface area (Å²) >= 11 is 3.39. The molecule has 0 heterocycles. The number of alkyl halides is 4. The molecule has 0 aromatic heterocycles. The van der Waals surface area contributed by atoms with Gasteiger partial charge in [-0.3, -0.25) is 0 Å². The predicted molar refractivity (Wildman–Crippen MR) is 72.5 cm³/mol. The van der Waals surface area contributed by atoms with E-state index in [4.69, 9.17) is 0 Å². The van der Waals surface area contributed by atoms with E-state index in [-0.39, 0.29) is 11.3 Å². The zero-order chi connectivity index (χ0) is 14.5. The van der Waals surface area contributed by atoms with Gasteiger partial charge in [0, 0.05) is 17.4 Å². The molecule has 0 bridgehead atoms. The van der Waals surface area contributed by atoms with Crippen molar-refractivity contribution < 1.29 is 17.9 Å². The zero-order valence-corrected chi connectivity index (χ0v) is 12.4. The molecule has 0 amide bonds. The normalized spacial score (nSPS) is 12.5. The summed E-state index contributed by atoms with van der Waals surface area (Å²) in [5.41, 5.74) is 0.891. The zero-order valence-electron chi connectivity index (χ0n) is 10.9. The highest BCUT2D eigenvalue weighted by atomic mass is 79.9. The summed E-state index contributed by atoms with van der Waals surface area (Å²) in [7, 11) is 0. The summed E-state index contributed by atoms with van der Waals surface area (Å²) < 4.78 is 39.8. The monoisotopic (exact) mass is 339 g/mol. The number of nitrogens with one attached hydrogen (secondary N) is 1. The highest BCUT2D eigenvalue weighted by molar-refractivity contribution is 9.09. The average Bonchev–Trinajstić information content (AvgIpc) is 2.26. The van der Waals surface area contributed by atoms with E-state index in [1.54, 1.807) is 12.1 Å². The molecule has 0 spiro atoms. The van der Waals surface area contributed by atoms with Gasteiger partial charge in [-0.15, -0.1) is 13.2 Å². The van der Waals surface area contributed by atoms with Crippen LogP contribution in [-0.2, 0) is 6.54 Å². The van der Waals surface area contributed by atoms with Crippen LogP contribution >= 0.6 is 15.9 Å². The summed E-state index contributed by atoms with van der Waals surface area (Å²) in [6.45, 7) is 4.76. The molecule has 1 rings (SSSR count). The maximum atomic E-state index is 12.0. The number of halogens is 4. The lowest BCUT2D eigenvalue weighted by Crippen LogP contribution is -2.38. The van der Waals surface area contributed by atoms with Crippen molar-refractivity contribution in [1.29, 1.82) is 0 Å². The van der Waals surface area contributed by atoms with Gasteiger partial charge < -0.3 is 10.1 Å². The molecule has 0 fully saturated rings. The fourth-order valence-corrected chi connectivity index (χ4v) is 2.47. The Morgan fingerprint density at radius 2 is 1.74 bits per heavy atom. The van der Waals surface area contributed by atoms with Crippen LogP contribution in [-0.4, -0.2) is 17.2 Å². The van der Waals surface area contributed by atoms with Crippen LogP contribution < -0.4 is 10.1 Å². The number of benzene rings is 1. The van der Waals surface area contributed by atoms with Crippen molar-refractivity contribution in [1.82, 2.24) is 5.32 Å². The lowest BCUT2D eigenvalue weighted by Gasteiger charge is -2.25. The van der Waals surface area contributed by atoms with Gasteiger partial charge in [-0.25, -0.2) is 0 Å². The standard InChI is InChI=1S/C13H17BrF3NO/c1-12(2,7-8-14)18-9-10-3-5-11(6-4-10)19-13(15,16)17/h3-6,18H,7-9H2,1-2H3. The molecule has 108 valence electrons. The van der Waals surface area contributed by atoms with Crippen LogP contribution in [0, 0.1) is 0 Å². The molecule has 6 heteroatoms. The van der Waals surface area contributed by atoms with E-state index in [9.17, 15) is 13.2 Å². The Labute approximate surface area is 119 Å². The van der Waals surface area contributed by atoms with Crippen LogP contribution in [0.25, 0.3) is 0 Å². The van der Waals surface area contributed by atoms with Crippen LogP contribution in [0.5, 0.6) is 5.75 Å². The van der Waals surface area contributed by atoms with Crippen LogP contribution in [0.15, 0.2) is 24.3 Å². The van der Waals surface area contributed by atoms with E-state index in [1.807, 2.05) is 0 Å². The Morgan fingerprint density at radius 1 is 1.16 bits per heavy atom. The fourth-order valence-electron chi connectivity index (χ4n) is 1.47. The average molecular weight is 340 g/mol. The van der Waals surface area contributed by atoms with Gasteiger partial charge >= 0.3 is 6.36 Å². The summed E-state index contributed by atoms with van der Waals surface area (Å²) in [5.74, 6) is -0.198. The summed E-state index contributed by atoms with van der Waals surface area (Å²) in [4.78, 5) is 0. The first kappa shape index (κ1) is 16.3. The number of hydrogen-bond acceptors (Lipinski definition) is 2. The molecule has 19 heavy (non-hydrogen) atoms. The van der Waals surface area contributed by atoms with Gasteiger partial charge in [0.15, 0.2) is 0 Å². The quantitative estimate of drug-likeness (QED) is 0.782. The molecule has 0 saturated heterocycles. The third kappa shape index (κ3) is 6.82. The molecule has 0 radical (unpaired) electrons. The lowest BCUT2D eigenvalue weighted by atomic mass is 10.0. The Balaban J connectivity index is 2.53. The van der Waals surface area contributed by atoms with E-state index in [0.29, 0.717) is 6.54 Å². The molecule has 0 aliphatic heterocycles. The second-order valence-corrected chi connectivity index (χ2v) is 5.66. The van der Waals surface area contributed by atoms with Crippen molar-refractivity contribution in [3.05, 3.63) is 29.8 Å². The van der Waals surface area contributed by atoms with Crippen LogP contribution in [0.3, 0.4) is 0 Å². The van der Waals surface area contributed by atoms with Crippen LogP contribution in [0.4, 0.5) is 13.2 Å². The lowest BCUT2D eigenvalue weighted by molar-refractivity contribution is -0.274. The van der Waals surface area contributed by atoms with Gasteiger partial charge in [-0.2, -0.15) is 0 Å². The van der Waals surface area contributed by atoms with E-state index >= 15 is 0 Å². The first-order valence-electron chi connectivity index (χ1n) is 5.87. The molecular formula is C13H17BrF3NO. The third-order valence-electron chi connectivity index (χ3n) is 2.65. The molecular weight excluding hydrogens is 323 g/mol. The van der Waals surface area contributed by atoms with Crippen molar-refractivity contribution in [2.75, 3.05) is 5.33 Å². The van der Waals surface area contributed by atoms with Gasteiger partial charge in [0.05, 0.1) is 0 Å². The first-order chi connectivity index (χ1) is 8.72. The summed E-state index contributed by atoms with van der Waals surface area (Å²) in [6.07, 6.45) is -3.68. The minimum Gasteiger partial charge on any atom is -0.406 e. The minimum absolute atomic E-state index is 0.0232. The highest BCUT2D eigenvalue weighted by Crippen LogP contribution is 2.23. The maximum absolute atomic E-state index is 12.0. The second kappa shape index (κ2) is 6.61. The number of rotatable bonds is 6. The third-order valence-corrected chi connectivity index (χ3v) is 3.04. The van der Waals surface area contributed by atoms with E-state index in [1.165, 1.54) is 12.1 Å². The Bertz CT molecular complexity index is 390. The van der Waals surface area contributed by atoms with Gasteiger partial charge in [0.1, 0.15) is 5.75 Å². The molecule has 2 nitrogen and oxygen atoms in total. The number of ether oxygens (including phenoxy) is 1. The van der Waals surface area contributed by atoms with Crippen LogP contribution in [0.2, 0.25) is 0 Å². The van der Waals surface area contributed by atoms with Gasteiger partial charge in [-0.05, 0) is 38.0 Å². The Morgan fingerprint density at radius 3 is 2.21 bits per heavy atom. The van der Waals surface area contributed by atoms with Gasteiger partial charge in [0.25, 0.3) is 0 Å². The molecule has 1 aromatic rings. The van der Waals surface area contributed by atoms with Gasteiger partial charge in [0.2, 0.25) is 0 Å². The molecule has 1 aromatic carbocycles. The molecule has 0 saturated carbocycles. The van der Waals surface area contributed by atoms with Gasteiger partial charge in [-0.1, -0.05) is 28.1 Å². The van der Waals surface area contributed by atoms with E-state index in [0.717, 1.165) is 17.3 Å². The topological polar surface area (TPSA) is 21.3 Å². The molecule has 0 aliphatic rings. The Kier molecular flexibility index (Phi) is 5.67. The van der Waals surface area contributed by atoms with Crippen molar-refractivity contribution in [2.24, 2.45) is 0 Å². The predicted octanol–water partition coefficient (Wildman–Crippen LogP) is 4.24. The van der Waals surface area contributed by atoms with Crippen LogP contribution in [0.1, 0.15) is 25.8 Å². The largest absolute Gasteiger partial charge is 0.573 e. The van der Waals surface area contributed by atoms with Crippen molar-refractivity contribution in [2.45, 2.75) is 38.7 Å². The molecule has 1 N–H and O–H groups in total. The van der Waals surface area contributed by atoms with Crippen molar-refractivity contribution >= 4 is 15.9 Å². The maximum Gasteiger partial charge on any atom is 0.573 e. The smallest absolute Gasteiger partial charge is 0.406 e. The fraction of sp³-hybridized carbons (Fsp3) is 0.538. The van der Waals surface area contributed by atoms with Crippen molar-refractivity contribution in [3.8, 4) is 5.75 Å². The second-order valence-electron chi connectivity index (χ2n) is 4.87. The highest BCUT2D eigenvalue weighted by Gasteiger charge is 2.30.